The maximum Gasteiger partial charge on any atom is 0.223 e. The monoisotopic (exact) mass is 309 g/mol. The first-order valence-corrected chi connectivity index (χ1v) is 7.94. The third-order valence-electron chi connectivity index (χ3n) is 4.38. The van der Waals surface area contributed by atoms with Crippen LogP contribution in [0.2, 0.25) is 0 Å². The Hall–Kier alpha value is -2.54. The lowest BCUT2D eigenvalue weighted by Gasteiger charge is -2.26. The molecule has 118 valence electrons. The number of nitrogens with zero attached hydrogens (tertiary/aromatic N) is 4. The van der Waals surface area contributed by atoms with Gasteiger partial charge in [0.15, 0.2) is 0 Å². The molecule has 0 atom stereocenters. The summed E-state index contributed by atoms with van der Waals surface area (Å²) in [7, 11) is 0. The van der Waals surface area contributed by atoms with Gasteiger partial charge in [0.25, 0.3) is 0 Å². The van der Waals surface area contributed by atoms with Crippen LogP contribution in [-0.4, -0.2) is 37.5 Å². The summed E-state index contributed by atoms with van der Waals surface area (Å²) in [6.07, 6.45) is 6.00. The number of H-pyrrole nitrogens is 1. The van der Waals surface area contributed by atoms with Gasteiger partial charge in [-0.1, -0.05) is 12.1 Å². The molecule has 1 saturated carbocycles. The Morgan fingerprint density at radius 2 is 1.96 bits per heavy atom. The third-order valence-corrected chi connectivity index (χ3v) is 4.38. The number of nitrogens with one attached hydrogen (secondary N) is 2. The lowest BCUT2D eigenvalue weighted by molar-refractivity contribution is 0.410. The van der Waals surface area contributed by atoms with E-state index in [0.29, 0.717) is 18.0 Å². The van der Waals surface area contributed by atoms with Crippen LogP contribution in [0.1, 0.15) is 25.7 Å². The van der Waals surface area contributed by atoms with Gasteiger partial charge in [-0.05, 0) is 37.8 Å². The van der Waals surface area contributed by atoms with Gasteiger partial charge in [-0.2, -0.15) is 15.4 Å². The molecule has 0 radical (unpaired) electrons. The van der Waals surface area contributed by atoms with Gasteiger partial charge in [0.05, 0.1) is 5.69 Å². The highest BCUT2D eigenvalue weighted by Crippen LogP contribution is 2.25. The number of fused-ring (bicyclic) bond motifs is 1. The van der Waals surface area contributed by atoms with E-state index in [0.717, 1.165) is 48.0 Å². The van der Waals surface area contributed by atoms with Crippen molar-refractivity contribution in [2.24, 2.45) is 5.73 Å². The molecule has 0 aliphatic heterocycles. The number of hydrogen-bond acceptors (Lipinski definition) is 6. The van der Waals surface area contributed by atoms with Gasteiger partial charge in [0.2, 0.25) is 5.95 Å². The second kappa shape index (κ2) is 5.92. The largest absolute Gasteiger partial charge is 0.351 e. The van der Waals surface area contributed by atoms with E-state index in [2.05, 4.69) is 30.7 Å². The summed E-state index contributed by atoms with van der Waals surface area (Å²) in [6.45, 7) is 0. The molecule has 0 amide bonds. The minimum atomic E-state index is 0.338. The summed E-state index contributed by atoms with van der Waals surface area (Å²) in [5.74, 6) is 0.656. The first kappa shape index (κ1) is 14.1. The highest BCUT2D eigenvalue weighted by atomic mass is 15.3. The molecule has 2 heterocycles. The zero-order valence-electron chi connectivity index (χ0n) is 12.7. The highest BCUT2D eigenvalue weighted by molar-refractivity contribution is 5.90. The number of benzene rings is 1. The van der Waals surface area contributed by atoms with Crippen LogP contribution in [0, 0.1) is 0 Å². The van der Waals surface area contributed by atoms with E-state index in [1.165, 1.54) is 0 Å². The molecule has 2 aromatic heterocycles. The minimum Gasteiger partial charge on any atom is -0.351 e. The maximum atomic E-state index is 5.96. The number of aromatic amines is 1. The quantitative estimate of drug-likeness (QED) is 0.684. The zero-order chi connectivity index (χ0) is 15.6. The van der Waals surface area contributed by atoms with Crippen molar-refractivity contribution in [3.05, 3.63) is 30.5 Å². The van der Waals surface area contributed by atoms with E-state index in [-0.39, 0.29) is 0 Å². The van der Waals surface area contributed by atoms with Gasteiger partial charge < -0.3 is 11.1 Å². The van der Waals surface area contributed by atoms with Crippen LogP contribution < -0.4 is 11.1 Å². The zero-order valence-corrected chi connectivity index (χ0v) is 12.7. The second-order valence-electron chi connectivity index (χ2n) is 6.02. The molecule has 7 heteroatoms. The molecule has 1 fully saturated rings. The fourth-order valence-electron chi connectivity index (χ4n) is 3.10. The van der Waals surface area contributed by atoms with E-state index in [1.54, 1.807) is 6.20 Å². The summed E-state index contributed by atoms with van der Waals surface area (Å²) < 4.78 is 0. The van der Waals surface area contributed by atoms with Crippen molar-refractivity contribution < 1.29 is 0 Å². The summed E-state index contributed by atoms with van der Waals surface area (Å²) in [5, 5.41) is 14.4. The average molecular weight is 309 g/mol. The van der Waals surface area contributed by atoms with Crippen molar-refractivity contribution in [1.29, 1.82) is 0 Å². The van der Waals surface area contributed by atoms with Crippen LogP contribution in [0.4, 0.5) is 5.95 Å². The number of hydrogen-bond donors (Lipinski definition) is 3. The predicted molar refractivity (Wildman–Crippen MR) is 88.8 cm³/mol. The van der Waals surface area contributed by atoms with Gasteiger partial charge in [0, 0.05) is 23.8 Å². The third kappa shape index (κ3) is 2.87. The second-order valence-corrected chi connectivity index (χ2v) is 6.02. The van der Waals surface area contributed by atoms with E-state index < -0.39 is 0 Å². The van der Waals surface area contributed by atoms with Crippen molar-refractivity contribution in [3.63, 3.8) is 0 Å². The lowest BCUT2D eigenvalue weighted by atomic mass is 9.92. The Morgan fingerprint density at radius 1 is 1.09 bits per heavy atom. The predicted octanol–water partition coefficient (Wildman–Crippen LogP) is 2.10. The topological polar surface area (TPSA) is 105 Å². The van der Waals surface area contributed by atoms with Crippen molar-refractivity contribution in [2.75, 3.05) is 5.32 Å². The van der Waals surface area contributed by atoms with Crippen LogP contribution >= 0.6 is 0 Å². The number of anilines is 1. The molecule has 0 saturated heterocycles. The Bertz CT molecular complexity index is 805. The maximum absolute atomic E-state index is 5.96. The van der Waals surface area contributed by atoms with Crippen LogP contribution in [0.3, 0.4) is 0 Å². The molecule has 4 rings (SSSR count). The molecule has 0 unspecified atom stereocenters. The van der Waals surface area contributed by atoms with Crippen LogP contribution in [0.5, 0.6) is 0 Å². The molecule has 3 aromatic rings. The lowest BCUT2D eigenvalue weighted by Crippen LogP contribution is -2.33. The summed E-state index contributed by atoms with van der Waals surface area (Å²) in [4.78, 5) is 9.00. The van der Waals surface area contributed by atoms with E-state index in [4.69, 9.17) is 5.73 Å². The molecule has 0 bridgehead atoms. The van der Waals surface area contributed by atoms with Gasteiger partial charge in [-0.15, -0.1) is 0 Å². The number of para-hydroxylation sites is 1. The van der Waals surface area contributed by atoms with Gasteiger partial charge >= 0.3 is 0 Å². The molecule has 23 heavy (non-hydrogen) atoms. The van der Waals surface area contributed by atoms with E-state index in [9.17, 15) is 0 Å². The smallest absolute Gasteiger partial charge is 0.223 e. The molecule has 0 spiro atoms. The van der Waals surface area contributed by atoms with Crippen LogP contribution in [0.15, 0.2) is 30.5 Å². The first-order chi connectivity index (χ1) is 11.3. The number of rotatable bonds is 3. The number of aromatic nitrogens is 5. The van der Waals surface area contributed by atoms with Crippen molar-refractivity contribution in [2.45, 2.75) is 37.8 Å². The molecule has 1 aliphatic carbocycles. The van der Waals surface area contributed by atoms with Crippen LogP contribution in [0.25, 0.3) is 22.3 Å². The molecule has 4 N–H and O–H groups in total. The van der Waals surface area contributed by atoms with Crippen molar-refractivity contribution >= 4 is 17.0 Å². The van der Waals surface area contributed by atoms with Crippen LogP contribution in [-0.2, 0) is 0 Å². The van der Waals surface area contributed by atoms with Gasteiger partial charge in [0.1, 0.15) is 11.0 Å². The SMILES string of the molecule is NC1CCC(Nc2nccc(-c3cccc4n[nH]nc34)n2)CC1. The summed E-state index contributed by atoms with van der Waals surface area (Å²) >= 11 is 0. The van der Waals surface area contributed by atoms with Crippen molar-refractivity contribution in [3.8, 4) is 11.3 Å². The van der Waals surface area contributed by atoms with E-state index >= 15 is 0 Å². The highest BCUT2D eigenvalue weighted by Gasteiger charge is 2.19. The molecular formula is C16H19N7. The molecular weight excluding hydrogens is 290 g/mol. The minimum absolute atomic E-state index is 0.338. The number of nitrogens with two attached hydrogens (primary N) is 1. The van der Waals surface area contributed by atoms with Gasteiger partial charge in [-0.3, -0.25) is 0 Å². The molecule has 1 aliphatic rings. The Labute approximate surface area is 133 Å². The first-order valence-electron chi connectivity index (χ1n) is 7.94. The Morgan fingerprint density at radius 3 is 2.83 bits per heavy atom. The van der Waals surface area contributed by atoms with Crippen molar-refractivity contribution in [1.82, 2.24) is 25.4 Å². The van der Waals surface area contributed by atoms with E-state index in [1.807, 2.05) is 24.3 Å². The van der Waals surface area contributed by atoms with Gasteiger partial charge in [-0.25, -0.2) is 9.97 Å². The summed E-state index contributed by atoms with van der Waals surface area (Å²) in [6, 6.07) is 8.51. The Balaban J connectivity index is 1.60. The Kier molecular flexibility index (Phi) is 3.63. The normalized spacial score (nSPS) is 21.4. The summed E-state index contributed by atoms with van der Waals surface area (Å²) in [5.41, 5.74) is 9.40. The fourth-order valence-corrected chi connectivity index (χ4v) is 3.10. The fraction of sp³-hybridized carbons (Fsp3) is 0.375. The average Bonchev–Trinajstić information content (AvgIpc) is 3.06. The molecule has 1 aromatic carbocycles. The standard InChI is InChI=1S/C16H19N7/c17-10-4-6-11(7-5-10)19-16-18-9-8-13(20-16)12-2-1-3-14-15(12)22-23-21-14/h1-3,8-11H,4-7,17H2,(H,18,19,20)(H,21,22,23). The molecule has 7 nitrogen and oxygen atoms in total.